The van der Waals surface area contributed by atoms with Crippen LogP contribution in [0.5, 0.6) is 0 Å². The van der Waals surface area contributed by atoms with Crippen LogP contribution in [0.4, 0.5) is 0 Å². The van der Waals surface area contributed by atoms with E-state index in [-0.39, 0.29) is 11.4 Å². The van der Waals surface area contributed by atoms with Gasteiger partial charge < -0.3 is 10.2 Å². The fourth-order valence-corrected chi connectivity index (χ4v) is 4.23. The number of hydrogen-bond donors (Lipinski definition) is 1. The number of nitrogens with zero attached hydrogens (tertiary/aromatic N) is 3. The Hall–Kier alpha value is -2.14. The molecule has 0 aliphatic heterocycles. The average molecular weight is 367 g/mol. The van der Waals surface area contributed by atoms with E-state index in [1.54, 1.807) is 0 Å². The SMILES string of the molecule is CN(C)C1(CNC(=O)c2cc(C3CC3)nn2-c2ccccc2)CCCCC1. The standard InChI is InChI=1S/C22H30N4O/c1-25(2)22(13-7-4-8-14-22)16-23-21(27)20-15-19(17-11-12-17)24-26(20)18-9-5-3-6-10-18/h3,5-6,9-10,15,17H,4,7-8,11-14,16H2,1-2H3,(H,23,27). The minimum atomic E-state index is -0.0231. The summed E-state index contributed by atoms with van der Waals surface area (Å²) >= 11 is 0. The van der Waals surface area contributed by atoms with Crippen LogP contribution < -0.4 is 5.32 Å². The molecule has 4 rings (SSSR count). The zero-order valence-corrected chi connectivity index (χ0v) is 16.4. The number of likely N-dealkylation sites (N-methyl/N-ethyl adjacent to an activating group) is 1. The molecule has 0 spiro atoms. The summed E-state index contributed by atoms with van der Waals surface area (Å²) in [7, 11) is 4.27. The van der Waals surface area contributed by atoms with Crippen LogP contribution >= 0.6 is 0 Å². The predicted molar refractivity (Wildman–Crippen MR) is 107 cm³/mol. The molecule has 5 nitrogen and oxygen atoms in total. The van der Waals surface area contributed by atoms with Gasteiger partial charge >= 0.3 is 0 Å². The fourth-order valence-electron chi connectivity index (χ4n) is 4.23. The zero-order chi connectivity index (χ0) is 18.9. The molecule has 1 heterocycles. The minimum Gasteiger partial charge on any atom is -0.349 e. The molecule has 2 aromatic rings. The molecule has 27 heavy (non-hydrogen) atoms. The molecular formula is C22H30N4O. The maximum Gasteiger partial charge on any atom is 0.270 e. The highest BCUT2D eigenvalue weighted by molar-refractivity contribution is 5.93. The third-order valence-electron chi connectivity index (χ3n) is 6.27. The van der Waals surface area contributed by atoms with Crippen molar-refractivity contribution < 1.29 is 4.79 Å². The summed E-state index contributed by atoms with van der Waals surface area (Å²) in [4.78, 5) is 15.4. The van der Waals surface area contributed by atoms with Gasteiger partial charge in [-0.2, -0.15) is 5.10 Å². The maximum atomic E-state index is 13.1. The lowest BCUT2D eigenvalue weighted by molar-refractivity contribution is 0.0794. The molecule has 2 fully saturated rings. The van der Waals surface area contributed by atoms with Crippen molar-refractivity contribution in [2.45, 2.75) is 56.4 Å². The Balaban J connectivity index is 1.56. The topological polar surface area (TPSA) is 50.2 Å². The number of amides is 1. The molecule has 0 saturated heterocycles. The summed E-state index contributed by atoms with van der Waals surface area (Å²) < 4.78 is 1.81. The predicted octanol–water partition coefficient (Wildman–Crippen LogP) is 3.74. The van der Waals surface area contributed by atoms with Crippen LogP contribution in [0, 0.1) is 0 Å². The van der Waals surface area contributed by atoms with Crippen molar-refractivity contribution in [3.8, 4) is 5.69 Å². The van der Waals surface area contributed by atoms with Crippen molar-refractivity contribution in [2.24, 2.45) is 0 Å². The van der Waals surface area contributed by atoms with Crippen LogP contribution in [0.25, 0.3) is 5.69 Å². The third kappa shape index (κ3) is 3.79. The number of nitrogens with one attached hydrogen (secondary N) is 1. The Morgan fingerprint density at radius 1 is 1.19 bits per heavy atom. The Kier molecular flexibility index (Phi) is 5.04. The summed E-state index contributed by atoms with van der Waals surface area (Å²) in [5.41, 5.74) is 2.71. The van der Waals surface area contributed by atoms with Crippen molar-refractivity contribution in [1.29, 1.82) is 0 Å². The maximum absolute atomic E-state index is 13.1. The van der Waals surface area contributed by atoms with Gasteiger partial charge in [-0.15, -0.1) is 0 Å². The third-order valence-corrected chi connectivity index (χ3v) is 6.27. The highest BCUT2D eigenvalue weighted by atomic mass is 16.2. The first kappa shape index (κ1) is 18.2. The van der Waals surface area contributed by atoms with Gasteiger partial charge in [-0.1, -0.05) is 37.5 Å². The largest absolute Gasteiger partial charge is 0.349 e. The molecule has 2 saturated carbocycles. The van der Waals surface area contributed by atoms with E-state index in [1.165, 1.54) is 32.1 Å². The van der Waals surface area contributed by atoms with Gasteiger partial charge in [-0.25, -0.2) is 4.68 Å². The second-order valence-electron chi connectivity index (χ2n) is 8.34. The number of para-hydroxylation sites is 1. The molecule has 2 aliphatic carbocycles. The number of carbonyl (C=O) groups is 1. The molecule has 0 radical (unpaired) electrons. The van der Waals surface area contributed by atoms with Gasteiger partial charge in [0.1, 0.15) is 5.69 Å². The summed E-state index contributed by atoms with van der Waals surface area (Å²) in [6.45, 7) is 0.692. The highest BCUT2D eigenvalue weighted by Crippen LogP contribution is 2.39. The van der Waals surface area contributed by atoms with Crippen molar-refractivity contribution in [3.05, 3.63) is 47.8 Å². The molecular weight excluding hydrogens is 336 g/mol. The van der Waals surface area contributed by atoms with Gasteiger partial charge in [-0.3, -0.25) is 4.79 Å². The summed E-state index contributed by atoms with van der Waals surface area (Å²) in [5, 5.41) is 7.99. The van der Waals surface area contributed by atoms with E-state index >= 15 is 0 Å². The molecule has 1 amide bonds. The van der Waals surface area contributed by atoms with Crippen molar-refractivity contribution in [3.63, 3.8) is 0 Å². The first-order valence-corrected chi connectivity index (χ1v) is 10.2. The van der Waals surface area contributed by atoms with Crippen LogP contribution in [-0.2, 0) is 0 Å². The summed E-state index contributed by atoms with van der Waals surface area (Å²) in [6, 6.07) is 11.9. The van der Waals surface area contributed by atoms with Crippen LogP contribution in [0.3, 0.4) is 0 Å². The van der Waals surface area contributed by atoms with E-state index in [1.807, 2.05) is 41.1 Å². The number of carbonyl (C=O) groups excluding carboxylic acids is 1. The Labute approximate surface area is 161 Å². The van der Waals surface area contributed by atoms with Crippen LogP contribution in [-0.4, -0.2) is 46.8 Å². The second-order valence-corrected chi connectivity index (χ2v) is 8.34. The summed E-state index contributed by atoms with van der Waals surface area (Å²) in [5.74, 6) is 0.498. The Morgan fingerprint density at radius 3 is 2.52 bits per heavy atom. The molecule has 0 unspecified atom stereocenters. The van der Waals surface area contributed by atoms with Crippen LogP contribution in [0.1, 0.15) is 67.0 Å². The molecule has 1 aromatic heterocycles. The Morgan fingerprint density at radius 2 is 1.89 bits per heavy atom. The molecule has 144 valence electrons. The minimum absolute atomic E-state index is 0.0231. The van der Waals surface area contributed by atoms with E-state index < -0.39 is 0 Å². The first-order chi connectivity index (χ1) is 13.1. The lowest BCUT2D eigenvalue weighted by atomic mass is 9.80. The van der Waals surface area contributed by atoms with Gasteiger partial charge in [0.15, 0.2) is 0 Å². The number of hydrogen-bond acceptors (Lipinski definition) is 3. The normalized spacial score (nSPS) is 19.2. The van der Waals surface area contributed by atoms with Crippen LogP contribution in [0.15, 0.2) is 36.4 Å². The zero-order valence-electron chi connectivity index (χ0n) is 16.4. The molecule has 0 atom stereocenters. The second kappa shape index (κ2) is 7.47. The lowest BCUT2D eigenvalue weighted by Gasteiger charge is -2.43. The Bertz CT molecular complexity index is 786. The molecule has 1 aromatic carbocycles. The van der Waals surface area contributed by atoms with Crippen molar-refractivity contribution in [2.75, 3.05) is 20.6 Å². The van der Waals surface area contributed by atoms with Crippen molar-refractivity contribution >= 4 is 5.91 Å². The molecule has 0 bridgehead atoms. The number of rotatable bonds is 6. The monoisotopic (exact) mass is 366 g/mol. The van der Waals surface area contributed by atoms with Crippen LogP contribution in [0.2, 0.25) is 0 Å². The van der Waals surface area contributed by atoms with Crippen molar-refractivity contribution in [1.82, 2.24) is 20.0 Å². The van der Waals surface area contributed by atoms with Gasteiger partial charge in [-0.05, 0) is 58.0 Å². The fraction of sp³-hybridized carbons (Fsp3) is 0.545. The molecule has 1 N–H and O–H groups in total. The average Bonchev–Trinajstić information content (AvgIpc) is 3.46. The molecule has 5 heteroatoms. The van der Waals surface area contributed by atoms with E-state index in [9.17, 15) is 4.79 Å². The smallest absolute Gasteiger partial charge is 0.270 e. The number of benzene rings is 1. The van der Waals surface area contributed by atoms with Gasteiger partial charge in [0, 0.05) is 18.0 Å². The number of aromatic nitrogens is 2. The van der Waals surface area contributed by atoms with E-state index in [2.05, 4.69) is 24.3 Å². The van der Waals surface area contributed by atoms with E-state index in [0.29, 0.717) is 18.2 Å². The quantitative estimate of drug-likeness (QED) is 0.847. The van der Waals surface area contributed by atoms with E-state index in [0.717, 1.165) is 24.2 Å². The summed E-state index contributed by atoms with van der Waals surface area (Å²) in [6.07, 6.45) is 8.42. The first-order valence-electron chi connectivity index (χ1n) is 10.2. The van der Waals surface area contributed by atoms with Gasteiger partial charge in [0.25, 0.3) is 5.91 Å². The van der Waals surface area contributed by atoms with E-state index in [4.69, 9.17) is 5.10 Å². The van der Waals surface area contributed by atoms with Gasteiger partial charge in [0.05, 0.1) is 11.4 Å². The highest BCUT2D eigenvalue weighted by Gasteiger charge is 2.35. The van der Waals surface area contributed by atoms with Gasteiger partial charge in [0.2, 0.25) is 0 Å². The molecule has 2 aliphatic rings. The lowest BCUT2D eigenvalue weighted by Crippen LogP contribution is -2.53.